The van der Waals surface area contributed by atoms with Gasteiger partial charge in [0.2, 0.25) is 0 Å². The van der Waals surface area contributed by atoms with Gasteiger partial charge >= 0.3 is 5.97 Å². The SMILES string of the molecule is CCNc1ccccc1.CCOC(=O)CC(C)=O. The van der Waals surface area contributed by atoms with Gasteiger partial charge in [0.1, 0.15) is 12.2 Å². The molecule has 0 aromatic heterocycles. The zero-order valence-corrected chi connectivity index (χ0v) is 11.2. The van der Waals surface area contributed by atoms with Crippen LogP contribution >= 0.6 is 0 Å². The van der Waals surface area contributed by atoms with Gasteiger partial charge in [-0.3, -0.25) is 9.59 Å². The molecule has 0 aliphatic rings. The number of rotatable bonds is 5. The quantitative estimate of drug-likeness (QED) is 0.645. The van der Waals surface area contributed by atoms with Gasteiger partial charge in [0.25, 0.3) is 0 Å². The van der Waals surface area contributed by atoms with Gasteiger partial charge in [-0.2, -0.15) is 0 Å². The van der Waals surface area contributed by atoms with Crippen molar-refractivity contribution in [2.24, 2.45) is 0 Å². The predicted octanol–water partition coefficient (Wildman–Crippen LogP) is 2.65. The number of ether oxygens (including phenoxy) is 1. The molecule has 1 aromatic carbocycles. The summed E-state index contributed by atoms with van der Waals surface area (Å²) in [5.74, 6) is -0.599. The molecule has 0 heterocycles. The molecule has 0 aliphatic heterocycles. The summed E-state index contributed by atoms with van der Waals surface area (Å²) in [5.41, 5.74) is 1.19. The molecule has 0 aliphatic carbocycles. The molecule has 0 spiro atoms. The first-order valence-corrected chi connectivity index (χ1v) is 6.04. The second kappa shape index (κ2) is 10.3. The van der Waals surface area contributed by atoms with Gasteiger partial charge in [-0.05, 0) is 32.9 Å². The van der Waals surface area contributed by atoms with Crippen LogP contribution in [-0.4, -0.2) is 24.9 Å². The number of carbonyl (C=O) groups is 2. The molecule has 4 heteroatoms. The van der Waals surface area contributed by atoms with Crippen LogP contribution in [0.3, 0.4) is 0 Å². The molecule has 1 N–H and O–H groups in total. The number of ketones is 1. The molecule has 1 rings (SSSR count). The van der Waals surface area contributed by atoms with E-state index in [0.717, 1.165) is 6.54 Å². The van der Waals surface area contributed by atoms with Crippen LogP contribution in [0.4, 0.5) is 5.69 Å². The van der Waals surface area contributed by atoms with Crippen molar-refractivity contribution in [2.45, 2.75) is 27.2 Å². The molecule has 0 atom stereocenters. The Morgan fingerprint density at radius 2 is 1.78 bits per heavy atom. The summed E-state index contributed by atoms with van der Waals surface area (Å²) in [6.07, 6.45) is -0.103. The fourth-order valence-electron chi connectivity index (χ4n) is 1.18. The molecule has 0 unspecified atom stereocenters. The molecule has 4 nitrogen and oxygen atoms in total. The van der Waals surface area contributed by atoms with Crippen molar-refractivity contribution in [3.63, 3.8) is 0 Å². The van der Waals surface area contributed by atoms with E-state index in [9.17, 15) is 9.59 Å². The maximum Gasteiger partial charge on any atom is 0.313 e. The predicted molar refractivity (Wildman–Crippen MR) is 72.5 cm³/mol. The minimum atomic E-state index is -0.440. The van der Waals surface area contributed by atoms with E-state index in [0.29, 0.717) is 6.61 Å². The zero-order valence-electron chi connectivity index (χ0n) is 11.2. The molecule has 1 aromatic rings. The van der Waals surface area contributed by atoms with Crippen LogP contribution in [0.5, 0.6) is 0 Å². The van der Waals surface area contributed by atoms with Crippen molar-refractivity contribution < 1.29 is 14.3 Å². The third kappa shape index (κ3) is 9.39. The molecular formula is C14H21NO3. The van der Waals surface area contributed by atoms with Crippen LogP contribution in [-0.2, 0) is 14.3 Å². The van der Waals surface area contributed by atoms with Gasteiger partial charge in [-0.25, -0.2) is 0 Å². The van der Waals surface area contributed by atoms with Gasteiger partial charge in [0, 0.05) is 12.2 Å². The van der Waals surface area contributed by atoms with E-state index >= 15 is 0 Å². The summed E-state index contributed by atoms with van der Waals surface area (Å²) in [4.78, 5) is 20.6. The Bertz CT molecular complexity index is 349. The molecule has 0 saturated heterocycles. The lowest BCUT2D eigenvalue weighted by Gasteiger charge is -1.99. The molecule has 0 radical (unpaired) electrons. The Morgan fingerprint density at radius 1 is 1.17 bits per heavy atom. The van der Waals surface area contributed by atoms with E-state index in [4.69, 9.17) is 0 Å². The third-order valence-corrected chi connectivity index (χ3v) is 1.85. The van der Waals surface area contributed by atoms with Crippen LogP contribution < -0.4 is 5.32 Å². The highest BCUT2D eigenvalue weighted by molar-refractivity contribution is 5.94. The van der Waals surface area contributed by atoms with Crippen LogP contribution in [0.15, 0.2) is 30.3 Å². The summed E-state index contributed by atoms with van der Waals surface area (Å²) in [6.45, 7) is 6.48. The van der Waals surface area contributed by atoms with E-state index in [1.165, 1.54) is 12.6 Å². The van der Waals surface area contributed by atoms with Crippen molar-refractivity contribution in [1.29, 1.82) is 0 Å². The van der Waals surface area contributed by atoms with Gasteiger partial charge < -0.3 is 10.1 Å². The lowest BCUT2D eigenvalue weighted by atomic mass is 10.3. The van der Waals surface area contributed by atoms with E-state index in [2.05, 4.69) is 29.1 Å². The second-order valence-electron chi connectivity index (χ2n) is 3.58. The standard InChI is InChI=1S/C8H11N.C6H10O3/c1-2-9-8-6-4-3-5-7-8;1-3-9-6(8)4-5(2)7/h3-7,9H,2H2,1H3;3-4H2,1-2H3. The Balaban J connectivity index is 0.000000321. The van der Waals surface area contributed by atoms with Gasteiger partial charge in [-0.1, -0.05) is 18.2 Å². The number of nitrogens with one attached hydrogen (secondary N) is 1. The van der Waals surface area contributed by atoms with Crippen LogP contribution in [0.1, 0.15) is 27.2 Å². The number of carbonyl (C=O) groups excluding carboxylic acids is 2. The summed E-state index contributed by atoms with van der Waals surface area (Å²) in [5, 5.41) is 3.21. The maximum absolute atomic E-state index is 10.4. The number of hydrogen-bond acceptors (Lipinski definition) is 4. The van der Waals surface area contributed by atoms with Crippen molar-refractivity contribution in [1.82, 2.24) is 0 Å². The highest BCUT2D eigenvalue weighted by atomic mass is 16.5. The molecule has 0 bridgehead atoms. The first kappa shape index (κ1) is 16.2. The Hall–Kier alpha value is -1.84. The summed E-state index contributed by atoms with van der Waals surface area (Å²) < 4.78 is 4.49. The smallest absolute Gasteiger partial charge is 0.313 e. The Morgan fingerprint density at radius 3 is 2.22 bits per heavy atom. The molecule has 0 amide bonds. The number of esters is 1. The highest BCUT2D eigenvalue weighted by Gasteiger charge is 2.03. The van der Waals surface area contributed by atoms with Crippen molar-refractivity contribution in [2.75, 3.05) is 18.5 Å². The van der Waals surface area contributed by atoms with Gasteiger partial charge in [0.05, 0.1) is 6.61 Å². The zero-order chi connectivity index (χ0) is 13.8. The highest BCUT2D eigenvalue weighted by Crippen LogP contribution is 2.02. The summed E-state index contributed by atoms with van der Waals surface area (Å²) in [6, 6.07) is 10.2. The largest absolute Gasteiger partial charge is 0.466 e. The fraction of sp³-hybridized carbons (Fsp3) is 0.429. The van der Waals surface area contributed by atoms with Crippen LogP contribution in [0, 0.1) is 0 Å². The minimum Gasteiger partial charge on any atom is -0.466 e. The van der Waals surface area contributed by atoms with Crippen LogP contribution in [0.2, 0.25) is 0 Å². The Kier molecular flexibility index (Phi) is 9.27. The molecule has 18 heavy (non-hydrogen) atoms. The minimum absolute atomic E-state index is 0.103. The topological polar surface area (TPSA) is 55.4 Å². The molecule has 100 valence electrons. The lowest BCUT2D eigenvalue weighted by Crippen LogP contribution is -2.07. The van der Waals surface area contributed by atoms with Crippen molar-refractivity contribution in [3.05, 3.63) is 30.3 Å². The monoisotopic (exact) mass is 251 g/mol. The van der Waals surface area contributed by atoms with E-state index < -0.39 is 5.97 Å². The first-order valence-electron chi connectivity index (χ1n) is 6.04. The van der Waals surface area contributed by atoms with Crippen molar-refractivity contribution >= 4 is 17.4 Å². The van der Waals surface area contributed by atoms with Crippen LogP contribution in [0.25, 0.3) is 0 Å². The molecular weight excluding hydrogens is 230 g/mol. The maximum atomic E-state index is 10.4. The number of Topliss-reactive ketones (excluding diaryl/α,β-unsaturated/α-hetero) is 1. The molecule has 0 fully saturated rings. The number of anilines is 1. The number of benzene rings is 1. The third-order valence-electron chi connectivity index (χ3n) is 1.85. The average Bonchev–Trinajstić information content (AvgIpc) is 2.31. The number of para-hydroxylation sites is 1. The van der Waals surface area contributed by atoms with Gasteiger partial charge in [-0.15, -0.1) is 0 Å². The average molecular weight is 251 g/mol. The normalized spacial score (nSPS) is 8.83. The second-order valence-corrected chi connectivity index (χ2v) is 3.58. The van der Waals surface area contributed by atoms with Gasteiger partial charge in [0.15, 0.2) is 0 Å². The van der Waals surface area contributed by atoms with E-state index in [-0.39, 0.29) is 12.2 Å². The lowest BCUT2D eigenvalue weighted by molar-refractivity contribution is -0.145. The Labute approximate surface area is 108 Å². The number of hydrogen-bond donors (Lipinski definition) is 1. The van der Waals surface area contributed by atoms with E-state index in [1.54, 1.807) is 6.92 Å². The molecule has 0 saturated carbocycles. The summed E-state index contributed by atoms with van der Waals surface area (Å²) in [7, 11) is 0. The fourth-order valence-corrected chi connectivity index (χ4v) is 1.18. The first-order chi connectivity index (χ1) is 8.60. The van der Waals surface area contributed by atoms with Crippen molar-refractivity contribution in [3.8, 4) is 0 Å². The van der Waals surface area contributed by atoms with E-state index in [1.807, 2.05) is 18.2 Å². The summed E-state index contributed by atoms with van der Waals surface area (Å²) >= 11 is 0.